The van der Waals surface area contributed by atoms with Crippen molar-refractivity contribution in [1.29, 1.82) is 0 Å². The van der Waals surface area contributed by atoms with Crippen LogP contribution in [0.25, 0.3) is 0 Å². The van der Waals surface area contributed by atoms with Gasteiger partial charge in [-0.2, -0.15) is 0 Å². The van der Waals surface area contributed by atoms with Crippen molar-refractivity contribution in [3.63, 3.8) is 0 Å². The summed E-state index contributed by atoms with van der Waals surface area (Å²) in [5, 5.41) is 12.8. The predicted octanol–water partition coefficient (Wildman–Crippen LogP) is 4.59. The minimum absolute atomic E-state index is 0.00417. The molecular weight excluding hydrogens is 295 g/mol. The molecule has 0 aromatic heterocycles. The van der Waals surface area contributed by atoms with Crippen LogP contribution in [-0.4, -0.2) is 5.11 Å². The normalized spacial score (nSPS) is 10.5. The van der Waals surface area contributed by atoms with Crippen LogP contribution in [0.1, 0.15) is 5.56 Å². The van der Waals surface area contributed by atoms with Gasteiger partial charge in [0.1, 0.15) is 5.75 Å². The van der Waals surface area contributed by atoms with Crippen LogP contribution in [0, 0.1) is 11.6 Å². The topological polar surface area (TPSA) is 32.3 Å². The zero-order valence-electron chi connectivity index (χ0n) is 9.55. The van der Waals surface area contributed by atoms with Gasteiger partial charge in [-0.05, 0) is 24.3 Å². The third-order valence-electron chi connectivity index (χ3n) is 2.53. The molecule has 0 unspecified atom stereocenters. The number of aromatic hydroxyl groups is 1. The first-order valence-electron chi connectivity index (χ1n) is 5.34. The van der Waals surface area contributed by atoms with Crippen LogP contribution in [-0.2, 0) is 6.54 Å². The number of anilines is 1. The van der Waals surface area contributed by atoms with Crippen molar-refractivity contribution in [1.82, 2.24) is 0 Å². The van der Waals surface area contributed by atoms with Gasteiger partial charge < -0.3 is 10.4 Å². The van der Waals surface area contributed by atoms with Gasteiger partial charge in [0.25, 0.3) is 0 Å². The quantitative estimate of drug-likeness (QED) is 0.869. The number of phenols is 1. The summed E-state index contributed by atoms with van der Waals surface area (Å²) in [5.74, 6) is -2.07. The predicted molar refractivity (Wildman–Crippen MR) is 71.8 cm³/mol. The lowest BCUT2D eigenvalue weighted by atomic mass is 10.2. The Labute approximate surface area is 118 Å². The van der Waals surface area contributed by atoms with Crippen molar-refractivity contribution in [2.75, 3.05) is 5.32 Å². The van der Waals surface area contributed by atoms with Gasteiger partial charge in [0.15, 0.2) is 11.6 Å². The molecule has 0 heterocycles. The van der Waals surface area contributed by atoms with Crippen LogP contribution < -0.4 is 5.32 Å². The Morgan fingerprint density at radius 1 is 1.16 bits per heavy atom. The Bertz CT molecular complexity index is 620. The highest BCUT2D eigenvalue weighted by Crippen LogP contribution is 2.31. The van der Waals surface area contributed by atoms with Crippen molar-refractivity contribution in [2.45, 2.75) is 6.54 Å². The first-order chi connectivity index (χ1) is 8.99. The van der Waals surface area contributed by atoms with E-state index in [0.717, 1.165) is 6.07 Å². The highest BCUT2D eigenvalue weighted by molar-refractivity contribution is 6.35. The molecule has 2 rings (SSSR count). The number of rotatable bonds is 3. The summed E-state index contributed by atoms with van der Waals surface area (Å²) >= 11 is 11.6. The van der Waals surface area contributed by atoms with Gasteiger partial charge in [-0.1, -0.05) is 29.3 Å². The van der Waals surface area contributed by atoms with Gasteiger partial charge in [-0.25, -0.2) is 8.78 Å². The van der Waals surface area contributed by atoms with E-state index in [2.05, 4.69) is 5.32 Å². The van der Waals surface area contributed by atoms with Crippen LogP contribution in [0.3, 0.4) is 0 Å². The first-order valence-corrected chi connectivity index (χ1v) is 6.09. The Balaban J connectivity index is 2.21. The standard InChI is InChI=1S/C13H9Cl2F2NO/c14-8-4-7(13(19)9(15)5-8)6-18-11-3-1-2-10(16)12(11)17/h1-5,18-19H,6H2. The van der Waals surface area contributed by atoms with Gasteiger partial charge in [-0.3, -0.25) is 0 Å². The van der Waals surface area contributed by atoms with E-state index in [1.165, 1.54) is 24.3 Å². The maximum atomic E-state index is 13.4. The molecule has 0 saturated carbocycles. The van der Waals surface area contributed by atoms with E-state index in [1.807, 2.05) is 0 Å². The molecule has 100 valence electrons. The molecule has 0 radical (unpaired) electrons. The average Bonchev–Trinajstić information content (AvgIpc) is 2.36. The Morgan fingerprint density at radius 3 is 2.63 bits per heavy atom. The second-order valence-electron chi connectivity index (χ2n) is 3.85. The lowest BCUT2D eigenvalue weighted by Gasteiger charge is -2.10. The van der Waals surface area contributed by atoms with E-state index in [4.69, 9.17) is 23.2 Å². The summed E-state index contributed by atoms with van der Waals surface area (Å²) < 4.78 is 26.4. The number of hydrogen-bond donors (Lipinski definition) is 2. The minimum atomic E-state index is -0.977. The molecule has 2 aromatic carbocycles. The fourth-order valence-electron chi connectivity index (χ4n) is 1.58. The Kier molecular flexibility index (Phi) is 4.12. The first kappa shape index (κ1) is 13.9. The van der Waals surface area contributed by atoms with E-state index in [-0.39, 0.29) is 23.0 Å². The molecule has 2 nitrogen and oxygen atoms in total. The monoisotopic (exact) mass is 303 g/mol. The number of benzene rings is 2. The van der Waals surface area contributed by atoms with Crippen molar-refractivity contribution in [2.24, 2.45) is 0 Å². The second kappa shape index (κ2) is 5.63. The molecule has 0 amide bonds. The summed E-state index contributed by atoms with van der Waals surface area (Å²) in [4.78, 5) is 0. The van der Waals surface area contributed by atoms with Crippen LogP contribution in [0.5, 0.6) is 5.75 Å². The molecule has 0 aliphatic rings. The number of hydrogen-bond acceptors (Lipinski definition) is 2. The summed E-state index contributed by atoms with van der Waals surface area (Å²) in [6.45, 7) is 0.0620. The summed E-state index contributed by atoms with van der Waals surface area (Å²) in [6.07, 6.45) is 0. The molecule has 0 spiro atoms. The number of nitrogens with one attached hydrogen (secondary N) is 1. The zero-order valence-corrected chi connectivity index (χ0v) is 11.1. The molecule has 6 heteroatoms. The number of halogens is 4. The summed E-state index contributed by atoms with van der Waals surface area (Å²) in [6, 6.07) is 6.68. The molecule has 19 heavy (non-hydrogen) atoms. The third kappa shape index (κ3) is 3.08. The second-order valence-corrected chi connectivity index (χ2v) is 4.69. The van der Waals surface area contributed by atoms with Crippen molar-refractivity contribution in [3.8, 4) is 5.75 Å². The number of phenolic OH excluding ortho intramolecular Hbond substituents is 1. The van der Waals surface area contributed by atoms with Gasteiger partial charge in [-0.15, -0.1) is 0 Å². The fraction of sp³-hybridized carbons (Fsp3) is 0.0769. The van der Waals surface area contributed by atoms with E-state index in [1.54, 1.807) is 0 Å². The largest absolute Gasteiger partial charge is 0.506 e. The van der Waals surface area contributed by atoms with Crippen LogP contribution in [0.2, 0.25) is 10.0 Å². The smallest absolute Gasteiger partial charge is 0.181 e. The van der Waals surface area contributed by atoms with Crippen molar-refractivity contribution >= 4 is 28.9 Å². The minimum Gasteiger partial charge on any atom is -0.506 e. The van der Waals surface area contributed by atoms with Gasteiger partial charge in [0, 0.05) is 17.1 Å². The fourth-order valence-corrected chi connectivity index (χ4v) is 2.12. The molecule has 0 aliphatic heterocycles. The van der Waals surface area contributed by atoms with Crippen molar-refractivity contribution < 1.29 is 13.9 Å². The summed E-state index contributed by atoms with van der Waals surface area (Å²) in [5.41, 5.74) is 0.386. The zero-order chi connectivity index (χ0) is 14.0. The average molecular weight is 304 g/mol. The molecule has 2 N–H and O–H groups in total. The van der Waals surface area contributed by atoms with Gasteiger partial charge in [0.05, 0.1) is 10.7 Å². The lowest BCUT2D eigenvalue weighted by Crippen LogP contribution is -2.03. The Hall–Kier alpha value is -1.52. The summed E-state index contributed by atoms with van der Waals surface area (Å²) in [7, 11) is 0. The molecule has 0 atom stereocenters. The molecular formula is C13H9Cl2F2NO. The molecule has 0 fully saturated rings. The highest BCUT2D eigenvalue weighted by Gasteiger charge is 2.10. The SMILES string of the molecule is Oc1c(Cl)cc(Cl)cc1CNc1cccc(F)c1F. The van der Waals surface area contributed by atoms with E-state index in [0.29, 0.717) is 10.6 Å². The third-order valence-corrected chi connectivity index (χ3v) is 3.03. The van der Waals surface area contributed by atoms with Crippen LogP contribution in [0.4, 0.5) is 14.5 Å². The Morgan fingerprint density at radius 2 is 1.89 bits per heavy atom. The van der Waals surface area contributed by atoms with Gasteiger partial charge >= 0.3 is 0 Å². The maximum absolute atomic E-state index is 13.4. The molecule has 0 bridgehead atoms. The molecule has 2 aromatic rings. The maximum Gasteiger partial charge on any atom is 0.181 e. The lowest BCUT2D eigenvalue weighted by molar-refractivity contribution is 0.469. The van der Waals surface area contributed by atoms with Crippen molar-refractivity contribution in [3.05, 3.63) is 57.6 Å². The van der Waals surface area contributed by atoms with E-state index >= 15 is 0 Å². The van der Waals surface area contributed by atoms with Gasteiger partial charge in [0.2, 0.25) is 0 Å². The highest BCUT2D eigenvalue weighted by atomic mass is 35.5. The van der Waals surface area contributed by atoms with Crippen LogP contribution in [0.15, 0.2) is 30.3 Å². The van der Waals surface area contributed by atoms with E-state index < -0.39 is 11.6 Å². The van der Waals surface area contributed by atoms with E-state index in [9.17, 15) is 13.9 Å². The molecule has 0 aliphatic carbocycles. The van der Waals surface area contributed by atoms with Crippen LogP contribution >= 0.6 is 23.2 Å². The molecule has 0 saturated heterocycles.